The minimum Gasteiger partial charge on any atom is -0.427 e. The van der Waals surface area contributed by atoms with E-state index < -0.39 is 0 Å². The predicted molar refractivity (Wildman–Crippen MR) is 135 cm³/mol. The summed E-state index contributed by atoms with van der Waals surface area (Å²) in [6, 6.07) is 17.0. The van der Waals surface area contributed by atoms with Gasteiger partial charge in [0.05, 0.1) is 0 Å². The van der Waals surface area contributed by atoms with Crippen molar-refractivity contribution in [2.24, 2.45) is 5.92 Å². The predicted octanol–water partition coefficient (Wildman–Crippen LogP) is 9.08. The van der Waals surface area contributed by atoms with Gasteiger partial charge in [0.1, 0.15) is 5.75 Å². The van der Waals surface area contributed by atoms with E-state index in [0.717, 1.165) is 23.8 Å². The number of hydrogen-bond acceptors (Lipinski definition) is 2. The molecule has 1 aliphatic carbocycles. The first-order valence-electron chi connectivity index (χ1n) is 13.1. The third kappa shape index (κ3) is 7.80. The summed E-state index contributed by atoms with van der Waals surface area (Å²) in [5, 5.41) is 0. The second kappa shape index (κ2) is 13.5. The van der Waals surface area contributed by atoms with Gasteiger partial charge < -0.3 is 4.74 Å². The van der Waals surface area contributed by atoms with Crippen molar-refractivity contribution < 1.29 is 9.53 Å². The first kappa shape index (κ1) is 24.6. The van der Waals surface area contributed by atoms with Crippen LogP contribution >= 0.6 is 0 Å². The molecule has 2 heteroatoms. The molecule has 1 saturated carbocycles. The summed E-state index contributed by atoms with van der Waals surface area (Å²) in [7, 11) is 0. The molecule has 3 rings (SSSR count). The molecule has 0 unspecified atom stereocenters. The number of benzene rings is 2. The molecule has 1 aliphatic rings. The van der Waals surface area contributed by atoms with E-state index in [9.17, 15) is 4.79 Å². The highest BCUT2D eigenvalue weighted by Gasteiger charge is 2.22. The molecule has 1 fully saturated rings. The molecule has 174 valence electrons. The quantitative estimate of drug-likeness (QED) is 0.189. The van der Waals surface area contributed by atoms with E-state index in [2.05, 4.69) is 31.2 Å². The Bertz CT molecular complexity index is 783. The van der Waals surface area contributed by atoms with Crippen LogP contribution in [0.15, 0.2) is 48.5 Å². The fourth-order valence-electron chi connectivity index (χ4n) is 5.05. The van der Waals surface area contributed by atoms with Crippen LogP contribution in [-0.4, -0.2) is 5.97 Å². The number of esters is 1. The standard InChI is InChI=1S/C30H42O2/c1-3-5-6-7-8-9-11-24-12-14-25(15-13-24)26-16-18-27(19-17-26)28-20-22-29(23-21-28)32-30(31)10-4-2/h16-25H,3-15H2,1-2H3. The van der Waals surface area contributed by atoms with E-state index in [0.29, 0.717) is 12.2 Å². The summed E-state index contributed by atoms with van der Waals surface area (Å²) < 4.78 is 5.36. The summed E-state index contributed by atoms with van der Waals surface area (Å²) in [5.41, 5.74) is 3.88. The zero-order chi connectivity index (χ0) is 22.6. The average Bonchev–Trinajstić information content (AvgIpc) is 2.82. The third-order valence-electron chi connectivity index (χ3n) is 7.07. The van der Waals surface area contributed by atoms with Gasteiger partial charge in [0.25, 0.3) is 0 Å². The maximum Gasteiger partial charge on any atom is 0.311 e. The minimum atomic E-state index is -0.161. The SMILES string of the molecule is CCCCCCCCC1CCC(c2ccc(-c3ccc(OC(=O)CCC)cc3)cc2)CC1. The van der Waals surface area contributed by atoms with Crippen LogP contribution in [0, 0.1) is 5.92 Å². The van der Waals surface area contributed by atoms with Crippen LogP contribution in [0.3, 0.4) is 0 Å². The van der Waals surface area contributed by atoms with Crippen molar-refractivity contribution in [3.63, 3.8) is 0 Å². The van der Waals surface area contributed by atoms with E-state index in [4.69, 9.17) is 4.74 Å². The van der Waals surface area contributed by atoms with Gasteiger partial charge in [0.15, 0.2) is 0 Å². The van der Waals surface area contributed by atoms with Crippen LogP contribution in [0.1, 0.15) is 109 Å². The number of unbranched alkanes of at least 4 members (excludes halogenated alkanes) is 5. The Morgan fingerprint density at radius 1 is 0.750 bits per heavy atom. The number of ether oxygens (including phenoxy) is 1. The molecule has 32 heavy (non-hydrogen) atoms. The molecular formula is C30H42O2. The zero-order valence-corrected chi connectivity index (χ0v) is 20.3. The number of rotatable bonds is 12. The van der Waals surface area contributed by atoms with Crippen LogP contribution in [0.4, 0.5) is 0 Å². The number of carbonyl (C=O) groups excluding carboxylic acids is 1. The Kier molecular flexibility index (Phi) is 10.3. The van der Waals surface area contributed by atoms with E-state index >= 15 is 0 Å². The minimum absolute atomic E-state index is 0.161. The Morgan fingerprint density at radius 2 is 1.34 bits per heavy atom. The fraction of sp³-hybridized carbons (Fsp3) is 0.567. The van der Waals surface area contributed by atoms with Crippen LogP contribution in [0.25, 0.3) is 11.1 Å². The smallest absolute Gasteiger partial charge is 0.311 e. The van der Waals surface area contributed by atoms with Gasteiger partial charge in [0, 0.05) is 6.42 Å². The van der Waals surface area contributed by atoms with Crippen LogP contribution < -0.4 is 4.74 Å². The van der Waals surface area contributed by atoms with Crippen LogP contribution in [-0.2, 0) is 4.79 Å². The average molecular weight is 435 g/mol. The lowest BCUT2D eigenvalue weighted by Crippen LogP contribution is -2.13. The van der Waals surface area contributed by atoms with Gasteiger partial charge in [-0.1, -0.05) is 95.2 Å². The highest BCUT2D eigenvalue weighted by Crippen LogP contribution is 2.38. The molecule has 0 spiro atoms. The lowest BCUT2D eigenvalue weighted by atomic mass is 9.77. The van der Waals surface area contributed by atoms with Gasteiger partial charge in [-0.2, -0.15) is 0 Å². The Labute approximate surface area is 195 Å². The number of hydrogen-bond donors (Lipinski definition) is 0. The normalized spacial score (nSPS) is 18.4. The van der Waals surface area contributed by atoms with E-state index in [1.807, 2.05) is 31.2 Å². The lowest BCUT2D eigenvalue weighted by Gasteiger charge is -2.29. The van der Waals surface area contributed by atoms with Gasteiger partial charge in [-0.15, -0.1) is 0 Å². The molecule has 2 aromatic carbocycles. The highest BCUT2D eigenvalue weighted by molar-refractivity contribution is 5.73. The van der Waals surface area contributed by atoms with Crippen LogP contribution in [0.2, 0.25) is 0 Å². The van der Waals surface area contributed by atoms with Gasteiger partial charge in [-0.25, -0.2) is 0 Å². The van der Waals surface area contributed by atoms with Crippen molar-refractivity contribution >= 4 is 5.97 Å². The maximum atomic E-state index is 11.7. The number of carbonyl (C=O) groups is 1. The molecule has 0 N–H and O–H groups in total. The fourth-order valence-corrected chi connectivity index (χ4v) is 5.05. The Hall–Kier alpha value is -2.09. The van der Waals surface area contributed by atoms with Gasteiger partial charge in [-0.05, 0) is 72.8 Å². The maximum absolute atomic E-state index is 11.7. The molecule has 0 amide bonds. The van der Waals surface area contributed by atoms with Crippen molar-refractivity contribution in [1.29, 1.82) is 0 Å². The molecular weight excluding hydrogens is 392 g/mol. The van der Waals surface area contributed by atoms with Gasteiger partial charge in [0.2, 0.25) is 0 Å². The van der Waals surface area contributed by atoms with E-state index in [1.165, 1.54) is 81.8 Å². The molecule has 0 bridgehead atoms. The second-order valence-corrected chi connectivity index (χ2v) is 9.64. The summed E-state index contributed by atoms with van der Waals surface area (Å²) in [5.74, 6) is 2.15. The van der Waals surface area contributed by atoms with E-state index in [1.54, 1.807) is 0 Å². The Morgan fingerprint density at radius 3 is 1.97 bits per heavy atom. The first-order valence-corrected chi connectivity index (χ1v) is 13.1. The molecule has 0 saturated heterocycles. The Balaban J connectivity index is 1.43. The molecule has 2 aromatic rings. The first-order chi connectivity index (χ1) is 15.7. The molecule has 0 aliphatic heterocycles. The molecule has 0 radical (unpaired) electrons. The molecule has 0 aromatic heterocycles. The molecule has 2 nitrogen and oxygen atoms in total. The topological polar surface area (TPSA) is 26.3 Å². The van der Waals surface area contributed by atoms with Crippen LogP contribution in [0.5, 0.6) is 5.75 Å². The van der Waals surface area contributed by atoms with Crippen molar-refractivity contribution in [1.82, 2.24) is 0 Å². The largest absolute Gasteiger partial charge is 0.427 e. The van der Waals surface area contributed by atoms with E-state index in [-0.39, 0.29) is 5.97 Å². The summed E-state index contributed by atoms with van der Waals surface area (Å²) in [6.07, 6.45) is 16.7. The summed E-state index contributed by atoms with van der Waals surface area (Å²) in [6.45, 7) is 4.27. The summed E-state index contributed by atoms with van der Waals surface area (Å²) in [4.78, 5) is 11.7. The molecule has 0 atom stereocenters. The summed E-state index contributed by atoms with van der Waals surface area (Å²) >= 11 is 0. The third-order valence-corrected chi connectivity index (χ3v) is 7.07. The highest BCUT2D eigenvalue weighted by atomic mass is 16.5. The second-order valence-electron chi connectivity index (χ2n) is 9.64. The monoisotopic (exact) mass is 434 g/mol. The van der Waals surface area contributed by atoms with Gasteiger partial charge >= 0.3 is 5.97 Å². The zero-order valence-electron chi connectivity index (χ0n) is 20.3. The van der Waals surface area contributed by atoms with Crippen molar-refractivity contribution in [2.45, 2.75) is 103 Å². The van der Waals surface area contributed by atoms with Crippen molar-refractivity contribution in [3.8, 4) is 16.9 Å². The van der Waals surface area contributed by atoms with Crippen molar-refractivity contribution in [3.05, 3.63) is 54.1 Å². The lowest BCUT2D eigenvalue weighted by molar-refractivity contribution is -0.134. The van der Waals surface area contributed by atoms with Gasteiger partial charge in [-0.3, -0.25) is 4.79 Å². The molecule has 0 heterocycles. The van der Waals surface area contributed by atoms with Crippen molar-refractivity contribution in [2.75, 3.05) is 0 Å².